The van der Waals surface area contributed by atoms with Crippen LogP contribution in [0.15, 0.2) is 22.7 Å². The Morgan fingerprint density at radius 1 is 1.28 bits per heavy atom. The second-order valence-corrected chi connectivity index (χ2v) is 6.14. The number of hydrogen-bond donors (Lipinski definition) is 1. The van der Waals surface area contributed by atoms with Gasteiger partial charge in [0.25, 0.3) is 0 Å². The van der Waals surface area contributed by atoms with Crippen molar-refractivity contribution in [3.63, 3.8) is 0 Å². The fraction of sp³-hybridized carbons (Fsp3) is 0.500. The minimum absolute atomic E-state index is 0.536. The summed E-state index contributed by atoms with van der Waals surface area (Å²) < 4.78 is 0.963. The van der Waals surface area contributed by atoms with Crippen LogP contribution in [0.25, 0.3) is 0 Å². The van der Waals surface area contributed by atoms with Crippen LogP contribution >= 0.6 is 15.9 Å². The van der Waals surface area contributed by atoms with E-state index in [9.17, 15) is 0 Å². The first kappa shape index (κ1) is 12.0. The van der Waals surface area contributed by atoms with Crippen LogP contribution in [0.3, 0.4) is 0 Å². The van der Waals surface area contributed by atoms with Gasteiger partial charge in [-0.15, -0.1) is 0 Å². The molecule has 0 amide bonds. The van der Waals surface area contributed by atoms with Gasteiger partial charge in [-0.3, -0.25) is 0 Å². The maximum absolute atomic E-state index is 8.99. The second-order valence-electron chi connectivity index (χ2n) is 5.23. The molecule has 3 saturated heterocycles. The Morgan fingerprint density at radius 2 is 2.06 bits per heavy atom. The van der Waals surface area contributed by atoms with Gasteiger partial charge in [-0.05, 0) is 50.0 Å². The molecule has 1 aromatic rings. The molecule has 4 rings (SSSR count). The number of benzene rings is 1. The summed E-state index contributed by atoms with van der Waals surface area (Å²) in [5.74, 6) is 0.791. The first-order valence-corrected chi connectivity index (χ1v) is 7.23. The third kappa shape index (κ3) is 2.38. The third-order valence-corrected chi connectivity index (χ3v) is 4.49. The minimum Gasteiger partial charge on any atom is -0.381 e. The van der Waals surface area contributed by atoms with E-state index in [-0.39, 0.29) is 0 Å². The third-order valence-electron chi connectivity index (χ3n) is 4.04. The molecule has 3 nitrogen and oxygen atoms in total. The van der Waals surface area contributed by atoms with Crippen LogP contribution in [0.1, 0.15) is 18.4 Å². The van der Waals surface area contributed by atoms with Gasteiger partial charge in [-0.1, -0.05) is 15.9 Å². The van der Waals surface area contributed by atoms with Crippen LogP contribution in [0.4, 0.5) is 5.69 Å². The molecule has 3 heterocycles. The van der Waals surface area contributed by atoms with E-state index in [0.29, 0.717) is 11.6 Å². The van der Waals surface area contributed by atoms with Crippen molar-refractivity contribution in [2.45, 2.75) is 18.9 Å². The summed E-state index contributed by atoms with van der Waals surface area (Å²) in [6.45, 7) is 3.65. The quantitative estimate of drug-likeness (QED) is 0.913. The van der Waals surface area contributed by atoms with Crippen molar-refractivity contribution in [2.75, 3.05) is 25.0 Å². The predicted molar refractivity (Wildman–Crippen MR) is 75.4 cm³/mol. The SMILES string of the molecule is N#Cc1cc(Br)cc(NC2CN3CCC2CC3)c1. The Bertz CT molecular complexity index is 486. The van der Waals surface area contributed by atoms with Gasteiger partial charge < -0.3 is 10.2 Å². The summed E-state index contributed by atoms with van der Waals surface area (Å²) in [6.07, 6.45) is 2.60. The number of rotatable bonds is 2. The van der Waals surface area contributed by atoms with Gasteiger partial charge in [0, 0.05) is 22.7 Å². The van der Waals surface area contributed by atoms with Crippen LogP contribution in [0, 0.1) is 17.2 Å². The number of nitriles is 1. The maximum atomic E-state index is 8.99. The van der Waals surface area contributed by atoms with Gasteiger partial charge in [-0.25, -0.2) is 0 Å². The summed E-state index contributed by atoms with van der Waals surface area (Å²) >= 11 is 3.46. The lowest BCUT2D eigenvalue weighted by Crippen LogP contribution is -2.53. The molecule has 0 radical (unpaired) electrons. The predicted octanol–water partition coefficient (Wildman–Crippen LogP) is 2.83. The average Bonchev–Trinajstić information content (AvgIpc) is 2.39. The van der Waals surface area contributed by atoms with Crippen LogP contribution in [-0.2, 0) is 0 Å². The van der Waals surface area contributed by atoms with Gasteiger partial charge in [-0.2, -0.15) is 5.26 Å². The Kier molecular flexibility index (Phi) is 3.27. The lowest BCUT2D eigenvalue weighted by Gasteiger charge is -2.45. The van der Waals surface area contributed by atoms with E-state index >= 15 is 0 Å². The van der Waals surface area contributed by atoms with Gasteiger partial charge in [0.15, 0.2) is 0 Å². The Labute approximate surface area is 116 Å². The smallest absolute Gasteiger partial charge is 0.0992 e. The summed E-state index contributed by atoms with van der Waals surface area (Å²) in [4.78, 5) is 2.53. The highest BCUT2D eigenvalue weighted by atomic mass is 79.9. The van der Waals surface area contributed by atoms with E-state index < -0.39 is 0 Å². The summed E-state index contributed by atoms with van der Waals surface area (Å²) in [6, 6.07) is 8.57. The van der Waals surface area contributed by atoms with E-state index in [1.807, 2.05) is 12.1 Å². The van der Waals surface area contributed by atoms with Crippen molar-refractivity contribution >= 4 is 21.6 Å². The Balaban J connectivity index is 1.77. The number of nitrogens with one attached hydrogen (secondary N) is 1. The molecule has 3 aliphatic rings. The van der Waals surface area contributed by atoms with Crippen LogP contribution in [0.5, 0.6) is 0 Å². The number of nitrogens with zero attached hydrogens (tertiary/aromatic N) is 2. The highest BCUT2D eigenvalue weighted by Crippen LogP contribution is 2.30. The molecule has 0 aliphatic carbocycles. The molecule has 1 N–H and O–H groups in total. The number of anilines is 1. The van der Waals surface area contributed by atoms with Crippen LogP contribution in [0.2, 0.25) is 0 Å². The molecular formula is C14H16BrN3. The number of hydrogen-bond acceptors (Lipinski definition) is 3. The van der Waals surface area contributed by atoms with Crippen LogP contribution < -0.4 is 5.32 Å². The molecule has 1 atom stereocenters. The molecule has 3 aliphatic heterocycles. The molecular weight excluding hydrogens is 290 g/mol. The van der Waals surface area contributed by atoms with Crippen molar-refractivity contribution in [2.24, 2.45) is 5.92 Å². The largest absolute Gasteiger partial charge is 0.381 e. The molecule has 18 heavy (non-hydrogen) atoms. The molecule has 1 aromatic carbocycles. The molecule has 0 spiro atoms. The van der Waals surface area contributed by atoms with Gasteiger partial charge in [0.2, 0.25) is 0 Å². The lowest BCUT2D eigenvalue weighted by molar-refractivity contribution is 0.0975. The maximum Gasteiger partial charge on any atom is 0.0992 e. The number of piperidine rings is 3. The van der Waals surface area contributed by atoms with Crippen LogP contribution in [-0.4, -0.2) is 30.6 Å². The van der Waals surface area contributed by atoms with Gasteiger partial charge >= 0.3 is 0 Å². The van der Waals surface area contributed by atoms with Gasteiger partial charge in [0.1, 0.15) is 0 Å². The zero-order valence-corrected chi connectivity index (χ0v) is 11.8. The van der Waals surface area contributed by atoms with Gasteiger partial charge in [0.05, 0.1) is 11.6 Å². The highest BCUT2D eigenvalue weighted by molar-refractivity contribution is 9.10. The first-order valence-electron chi connectivity index (χ1n) is 6.44. The van der Waals surface area contributed by atoms with E-state index in [0.717, 1.165) is 22.6 Å². The molecule has 2 bridgehead atoms. The molecule has 1 unspecified atom stereocenters. The van der Waals surface area contributed by atoms with E-state index in [1.165, 1.54) is 25.9 Å². The van der Waals surface area contributed by atoms with E-state index in [4.69, 9.17) is 5.26 Å². The molecule has 4 heteroatoms. The van der Waals surface area contributed by atoms with Crippen molar-refractivity contribution in [3.05, 3.63) is 28.2 Å². The molecule has 0 saturated carbocycles. The summed E-state index contributed by atoms with van der Waals surface area (Å²) in [5, 5.41) is 12.6. The summed E-state index contributed by atoms with van der Waals surface area (Å²) in [7, 11) is 0. The second kappa shape index (κ2) is 4.91. The zero-order valence-electron chi connectivity index (χ0n) is 10.2. The van der Waals surface area contributed by atoms with Crippen molar-refractivity contribution < 1.29 is 0 Å². The molecule has 0 aromatic heterocycles. The monoisotopic (exact) mass is 305 g/mol. The highest BCUT2D eigenvalue weighted by Gasteiger charge is 2.33. The zero-order chi connectivity index (χ0) is 12.5. The number of fused-ring (bicyclic) bond motifs is 3. The number of halogens is 1. The fourth-order valence-electron chi connectivity index (χ4n) is 3.08. The Morgan fingerprint density at radius 3 is 2.67 bits per heavy atom. The lowest BCUT2D eigenvalue weighted by atomic mass is 9.84. The standard InChI is InChI=1S/C14H16BrN3/c15-12-5-10(8-16)6-13(7-12)17-14-9-18-3-1-11(14)2-4-18/h5-7,11,14,17H,1-4,9H2. The summed E-state index contributed by atoms with van der Waals surface area (Å²) in [5.41, 5.74) is 1.76. The van der Waals surface area contributed by atoms with E-state index in [2.05, 4.69) is 38.3 Å². The minimum atomic E-state index is 0.536. The normalized spacial score (nSPS) is 29.9. The fourth-order valence-corrected chi connectivity index (χ4v) is 3.57. The average molecular weight is 306 g/mol. The van der Waals surface area contributed by atoms with E-state index in [1.54, 1.807) is 0 Å². The molecule has 94 valence electrons. The van der Waals surface area contributed by atoms with Crippen molar-refractivity contribution in [1.82, 2.24) is 4.90 Å². The first-order chi connectivity index (χ1) is 8.74. The molecule has 3 fully saturated rings. The van der Waals surface area contributed by atoms with Crippen molar-refractivity contribution in [3.8, 4) is 6.07 Å². The topological polar surface area (TPSA) is 39.1 Å². The Hall–Kier alpha value is -1.05. The van der Waals surface area contributed by atoms with Crippen molar-refractivity contribution in [1.29, 1.82) is 5.26 Å².